The summed E-state index contributed by atoms with van der Waals surface area (Å²) in [4.78, 5) is 0. The average Bonchev–Trinajstić information content (AvgIpc) is 2.27. The number of aryl methyl sites for hydroxylation is 1. The van der Waals surface area contributed by atoms with Gasteiger partial charge >= 0.3 is 0 Å². The molecule has 0 atom stereocenters. The highest BCUT2D eigenvalue weighted by molar-refractivity contribution is 5.40. The largest absolute Gasteiger partial charge is 0.493 e. The van der Waals surface area contributed by atoms with Crippen LogP contribution in [0.5, 0.6) is 5.75 Å². The second-order valence-corrected chi connectivity index (χ2v) is 5.25. The fourth-order valence-electron chi connectivity index (χ4n) is 1.72. The molecule has 0 unspecified atom stereocenters. The molecule has 0 saturated carbocycles. The molecule has 0 bridgehead atoms. The van der Waals surface area contributed by atoms with Gasteiger partial charge in [0, 0.05) is 18.5 Å². The number of nitrogens with one attached hydrogen (secondary N) is 1. The van der Waals surface area contributed by atoms with Gasteiger partial charge < -0.3 is 15.2 Å². The third-order valence-corrected chi connectivity index (χ3v) is 2.82. The van der Waals surface area contributed by atoms with E-state index in [1.165, 1.54) is 5.56 Å². The Morgan fingerprint density at radius 2 is 2.06 bits per heavy atom. The maximum atomic E-state index is 9.68. The van der Waals surface area contributed by atoms with Gasteiger partial charge in [0.25, 0.3) is 0 Å². The minimum atomic E-state index is -0.676. The molecule has 102 valence electrons. The Labute approximate surface area is 110 Å². The smallest absolute Gasteiger partial charge is 0.126 e. The van der Waals surface area contributed by atoms with Crippen molar-refractivity contribution in [2.45, 2.75) is 46.3 Å². The first-order valence-corrected chi connectivity index (χ1v) is 6.58. The molecule has 3 heteroatoms. The van der Waals surface area contributed by atoms with Crippen molar-refractivity contribution in [3.8, 4) is 5.75 Å². The normalized spacial score (nSPS) is 11.6. The molecule has 1 rings (SSSR count). The molecular weight excluding hydrogens is 226 g/mol. The van der Waals surface area contributed by atoms with Gasteiger partial charge in [0.15, 0.2) is 0 Å². The Kier molecular flexibility index (Phi) is 5.63. The van der Waals surface area contributed by atoms with Crippen LogP contribution in [0.25, 0.3) is 0 Å². The van der Waals surface area contributed by atoms with Crippen molar-refractivity contribution in [2.24, 2.45) is 0 Å². The summed E-state index contributed by atoms with van der Waals surface area (Å²) in [5.74, 6) is 0.947. The van der Waals surface area contributed by atoms with Crippen molar-refractivity contribution in [1.82, 2.24) is 5.32 Å². The fourth-order valence-corrected chi connectivity index (χ4v) is 1.72. The lowest BCUT2D eigenvalue weighted by Gasteiger charge is -2.19. The second kappa shape index (κ2) is 6.76. The highest BCUT2D eigenvalue weighted by Crippen LogP contribution is 2.24. The van der Waals surface area contributed by atoms with Gasteiger partial charge in [-0.25, -0.2) is 0 Å². The van der Waals surface area contributed by atoms with E-state index in [-0.39, 0.29) is 0 Å². The van der Waals surface area contributed by atoms with E-state index in [0.29, 0.717) is 13.0 Å². The molecule has 0 aliphatic carbocycles. The Morgan fingerprint density at radius 1 is 1.33 bits per heavy atom. The van der Waals surface area contributed by atoms with E-state index in [1.807, 2.05) is 6.07 Å². The predicted octanol–water partition coefficient (Wildman–Crippen LogP) is 2.64. The first kappa shape index (κ1) is 15.0. The maximum Gasteiger partial charge on any atom is 0.126 e. The lowest BCUT2D eigenvalue weighted by molar-refractivity contribution is 0.0551. The van der Waals surface area contributed by atoms with Crippen LogP contribution < -0.4 is 10.1 Å². The first-order chi connectivity index (χ1) is 8.44. The second-order valence-electron chi connectivity index (χ2n) is 5.25. The fraction of sp³-hybridized carbons (Fsp3) is 0.600. The van der Waals surface area contributed by atoms with Crippen molar-refractivity contribution < 1.29 is 9.84 Å². The number of hydrogen-bond acceptors (Lipinski definition) is 3. The van der Waals surface area contributed by atoms with Crippen LogP contribution in [0.2, 0.25) is 0 Å². The molecule has 1 aromatic carbocycles. The molecule has 18 heavy (non-hydrogen) atoms. The Balaban J connectivity index is 2.67. The number of hydrogen-bond donors (Lipinski definition) is 2. The average molecular weight is 251 g/mol. The third-order valence-electron chi connectivity index (χ3n) is 2.82. The molecule has 0 fully saturated rings. The van der Waals surface area contributed by atoms with Crippen LogP contribution in [0.1, 0.15) is 38.3 Å². The summed E-state index contributed by atoms with van der Waals surface area (Å²) in [6, 6.07) is 6.18. The molecule has 0 saturated heterocycles. The summed E-state index contributed by atoms with van der Waals surface area (Å²) in [5, 5.41) is 13.0. The molecule has 0 aromatic heterocycles. The van der Waals surface area contributed by atoms with Gasteiger partial charge in [0.2, 0.25) is 0 Å². The quantitative estimate of drug-likeness (QED) is 0.783. The van der Waals surface area contributed by atoms with E-state index in [2.05, 4.69) is 31.3 Å². The molecule has 1 aromatic rings. The molecule has 2 N–H and O–H groups in total. The number of ether oxygens (including phenoxy) is 1. The van der Waals surface area contributed by atoms with Crippen molar-refractivity contribution in [1.29, 1.82) is 0 Å². The zero-order chi connectivity index (χ0) is 13.6. The van der Waals surface area contributed by atoms with Gasteiger partial charge in [-0.05, 0) is 32.9 Å². The van der Waals surface area contributed by atoms with Crippen molar-refractivity contribution in [2.75, 3.05) is 13.2 Å². The highest BCUT2D eigenvalue weighted by Gasteiger charge is 2.13. The molecule has 0 amide bonds. The van der Waals surface area contributed by atoms with E-state index >= 15 is 0 Å². The molecule has 0 heterocycles. The summed E-state index contributed by atoms with van der Waals surface area (Å²) >= 11 is 0. The van der Waals surface area contributed by atoms with E-state index in [0.717, 1.165) is 24.4 Å². The maximum absolute atomic E-state index is 9.68. The third kappa shape index (κ3) is 5.07. The summed E-state index contributed by atoms with van der Waals surface area (Å²) < 4.78 is 5.84. The van der Waals surface area contributed by atoms with Crippen molar-refractivity contribution in [3.05, 3.63) is 29.3 Å². The highest BCUT2D eigenvalue weighted by atomic mass is 16.5. The van der Waals surface area contributed by atoms with E-state index in [4.69, 9.17) is 4.74 Å². The van der Waals surface area contributed by atoms with Crippen LogP contribution in [0.4, 0.5) is 0 Å². The molecule has 0 aliphatic rings. The van der Waals surface area contributed by atoms with Crippen LogP contribution in [-0.2, 0) is 6.54 Å². The number of rotatable bonds is 7. The van der Waals surface area contributed by atoms with Gasteiger partial charge in [-0.3, -0.25) is 0 Å². The van der Waals surface area contributed by atoms with E-state index in [9.17, 15) is 5.11 Å². The van der Waals surface area contributed by atoms with Gasteiger partial charge in [-0.15, -0.1) is 0 Å². The van der Waals surface area contributed by atoms with Crippen LogP contribution >= 0.6 is 0 Å². The first-order valence-electron chi connectivity index (χ1n) is 6.58. The molecule has 0 aliphatic heterocycles. The molecule has 0 radical (unpaired) electrons. The molecular formula is C15H25NO2. The zero-order valence-electron chi connectivity index (χ0n) is 11.9. The summed E-state index contributed by atoms with van der Waals surface area (Å²) in [7, 11) is 0. The van der Waals surface area contributed by atoms with Gasteiger partial charge in [-0.2, -0.15) is 0 Å². The van der Waals surface area contributed by atoms with Crippen LogP contribution in [-0.4, -0.2) is 23.9 Å². The van der Waals surface area contributed by atoms with Crippen LogP contribution in [0.15, 0.2) is 18.2 Å². The Bertz CT molecular complexity index is 369. The van der Waals surface area contributed by atoms with Crippen molar-refractivity contribution >= 4 is 0 Å². The van der Waals surface area contributed by atoms with E-state index < -0.39 is 5.60 Å². The summed E-state index contributed by atoms with van der Waals surface area (Å²) in [6.45, 7) is 10.0. The number of benzene rings is 1. The van der Waals surface area contributed by atoms with E-state index in [1.54, 1.807) is 13.8 Å². The van der Waals surface area contributed by atoms with Gasteiger partial charge in [0.05, 0.1) is 12.2 Å². The van der Waals surface area contributed by atoms with Gasteiger partial charge in [-0.1, -0.05) is 25.1 Å². The number of aliphatic hydroxyl groups is 1. The molecule has 0 spiro atoms. The Hall–Kier alpha value is -1.06. The zero-order valence-corrected chi connectivity index (χ0v) is 11.9. The SMILES string of the molecule is CCNCc1cccc(C)c1OCCC(C)(C)O. The van der Waals surface area contributed by atoms with Crippen LogP contribution in [0.3, 0.4) is 0 Å². The topological polar surface area (TPSA) is 41.5 Å². The standard InChI is InChI=1S/C15H25NO2/c1-5-16-11-13-8-6-7-12(2)14(13)18-10-9-15(3,4)17/h6-8,16-17H,5,9-11H2,1-4H3. The summed E-state index contributed by atoms with van der Waals surface area (Å²) in [5.41, 5.74) is 1.64. The summed E-state index contributed by atoms with van der Waals surface area (Å²) in [6.07, 6.45) is 0.627. The number of para-hydroxylation sites is 1. The monoisotopic (exact) mass is 251 g/mol. The minimum Gasteiger partial charge on any atom is -0.493 e. The van der Waals surface area contributed by atoms with Crippen LogP contribution in [0, 0.1) is 6.92 Å². The lowest BCUT2D eigenvalue weighted by Crippen LogP contribution is -2.22. The van der Waals surface area contributed by atoms with Gasteiger partial charge in [0.1, 0.15) is 5.75 Å². The lowest BCUT2D eigenvalue weighted by atomic mass is 10.1. The molecule has 3 nitrogen and oxygen atoms in total. The minimum absolute atomic E-state index is 0.535. The predicted molar refractivity (Wildman–Crippen MR) is 75.0 cm³/mol. The van der Waals surface area contributed by atoms with Crippen molar-refractivity contribution in [3.63, 3.8) is 0 Å². The Morgan fingerprint density at radius 3 is 2.67 bits per heavy atom.